The average Bonchev–Trinajstić information content (AvgIpc) is 2.40. The van der Waals surface area contributed by atoms with Crippen LogP contribution in [0.15, 0.2) is 24.3 Å². The molecule has 0 heterocycles. The Hall–Kier alpha value is -0.860. The third-order valence-electron chi connectivity index (χ3n) is 4.15. The molecule has 100 valence electrons. The molecule has 1 fully saturated rings. The maximum atomic E-state index is 9.53. The van der Waals surface area contributed by atoms with Gasteiger partial charge in [-0.25, -0.2) is 0 Å². The number of aliphatic hydroxyl groups is 1. The van der Waals surface area contributed by atoms with E-state index in [0.717, 1.165) is 32.1 Å². The molecule has 0 aliphatic heterocycles. The molecular weight excluding hydrogens is 222 g/mol. The minimum atomic E-state index is -0.0969. The van der Waals surface area contributed by atoms with Crippen LogP contribution >= 0.6 is 0 Å². The Bertz CT molecular complexity index is 352. The molecule has 0 amide bonds. The molecule has 1 atom stereocenters. The molecule has 18 heavy (non-hydrogen) atoms. The fourth-order valence-corrected chi connectivity index (χ4v) is 2.93. The lowest BCUT2D eigenvalue weighted by atomic mass is 9.80. The number of benzene rings is 1. The van der Waals surface area contributed by atoms with Crippen molar-refractivity contribution in [2.24, 2.45) is 11.7 Å². The first-order valence-corrected chi connectivity index (χ1v) is 7.23. The number of nitrogens with two attached hydrogens (primary N) is 1. The first kappa shape index (κ1) is 13.6. The first-order chi connectivity index (χ1) is 8.70. The van der Waals surface area contributed by atoms with Gasteiger partial charge in [-0.3, -0.25) is 0 Å². The van der Waals surface area contributed by atoms with E-state index in [1.54, 1.807) is 0 Å². The lowest BCUT2D eigenvalue weighted by molar-refractivity contribution is 0.102. The van der Waals surface area contributed by atoms with Gasteiger partial charge in [-0.2, -0.15) is 0 Å². The molecule has 1 saturated carbocycles. The van der Waals surface area contributed by atoms with Crippen molar-refractivity contribution in [1.29, 1.82) is 0 Å². The van der Waals surface area contributed by atoms with Crippen molar-refractivity contribution in [2.75, 3.05) is 0 Å². The van der Waals surface area contributed by atoms with Gasteiger partial charge in [-0.1, -0.05) is 37.6 Å². The summed E-state index contributed by atoms with van der Waals surface area (Å²) in [7, 11) is 0. The van der Waals surface area contributed by atoms with Gasteiger partial charge in [0.05, 0.1) is 6.10 Å². The summed E-state index contributed by atoms with van der Waals surface area (Å²) in [4.78, 5) is 0. The minimum Gasteiger partial charge on any atom is -0.393 e. The predicted octanol–water partition coefficient (Wildman–Crippen LogP) is 3.19. The van der Waals surface area contributed by atoms with Gasteiger partial charge in [-0.15, -0.1) is 0 Å². The number of aryl methyl sites for hydroxylation is 1. The zero-order chi connectivity index (χ0) is 13.0. The Morgan fingerprint density at radius 1 is 1.17 bits per heavy atom. The number of hydrogen-bond acceptors (Lipinski definition) is 2. The van der Waals surface area contributed by atoms with Gasteiger partial charge in [0.15, 0.2) is 0 Å². The largest absolute Gasteiger partial charge is 0.393 e. The Balaban J connectivity index is 1.97. The Kier molecular flexibility index (Phi) is 4.79. The molecule has 2 rings (SSSR count). The third kappa shape index (κ3) is 3.33. The van der Waals surface area contributed by atoms with Crippen LogP contribution in [0.1, 0.15) is 56.2 Å². The highest BCUT2D eigenvalue weighted by Gasteiger charge is 2.25. The average molecular weight is 247 g/mol. The van der Waals surface area contributed by atoms with E-state index in [2.05, 4.69) is 31.2 Å². The molecule has 1 unspecified atom stereocenters. The second-order valence-corrected chi connectivity index (χ2v) is 5.59. The topological polar surface area (TPSA) is 46.2 Å². The van der Waals surface area contributed by atoms with Gasteiger partial charge in [0.1, 0.15) is 0 Å². The van der Waals surface area contributed by atoms with Gasteiger partial charge in [-0.05, 0) is 49.1 Å². The smallest absolute Gasteiger partial charge is 0.0540 e. The Labute approximate surface area is 110 Å². The van der Waals surface area contributed by atoms with Gasteiger partial charge in [0.2, 0.25) is 0 Å². The van der Waals surface area contributed by atoms with E-state index in [4.69, 9.17) is 5.73 Å². The van der Waals surface area contributed by atoms with Crippen molar-refractivity contribution in [3.8, 4) is 0 Å². The molecule has 1 aliphatic rings. The Morgan fingerprint density at radius 2 is 1.78 bits per heavy atom. The van der Waals surface area contributed by atoms with Crippen LogP contribution < -0.4 is 5.73 Å². The summed E-state index contributed by atoms with van der Waals surface area (Å²) in [6.45, 7) is 2.20. The van der Waals surface area contributed by atoms with Crippen LogP contribution in [0.2, 0.25) is 0 Å². The third-order valence-corrected chi connectivity index (χ3v) is 4.15. The molecule has 3 N–H and O–H groups in total. The molecule has 2 heteroatoms. The zero-order valence-corrected chi connectivity index (χ0v) is 11.3. The van der Waals surface area contributed by atoms with E-state index in [9.17, 15) is 5.11 Å². The monoisotopic (exact) mass is 247 g/mol. The van der Waals surface area contributed by atoms with Gasteiger partial charge in [0, 0.05) is 6.04 Å². The molecule has 1 aromatic rings. The van der Waals surface area contributed by atoms with Crippen LogP contribution in [0.5, 0.6) is 0 Å². The van der Waals surface area contributed by atoms with Gasteiger partial charge in [0.25, 0.3) is 0 Å². The van der Waals surface area contributed by atoms with E-state index in [1.165, 1.54) is 17.5 Å². The van der Waals surface area contributed by atoms with Crippen LogP contribution in [0.25, 0.3) is 0 Å². The standard InChI is InChI=1S/C16H25NO/c1-2-3-12-4-6-13(7-5-12)16(17)14-8-10-15(18)11-9-14/h4-7,14-16,18H,2-3,8-11,17H2,1H3. The maximum Gasteiger partial charge on any atom is 0.0540 e. The van der Waals surface area contributed by atoms with E-state index in [0.29, 0.717) is 5.92 Å². The highest BCUT2D eigenvalue weighted by Crippen LogP contribution is 2.33. The summed E-state index contributed by atoms with van der Waals surface area (Å²) in [5.41, 5.74) is 9.00. The molecular formula is C16H25NO. The van der Waals surface area contributed by atoms with Crippen LogP contribution in [0.3, 0.4) is 0 Å². The van der Waals surface area contributed by atoms with Crippen molar-refractivity contribution in [1.82, 2.24) is 0 Å². The minimum absolute atomic E-state index is 0.0969. The normalized spacial score (nSPS) is 25.9. The molecule has 0 saturated heterocycles. The molecule has 0 aromatic heterocycles. The molecule has 1 aromatic carbocycles. The predicted molar refractivity (Wildman–Crippen MR) is 75.3 cm³/mol. The quantitative estimate of drug-likeness (QED) is 0.858. The molecule has 0 spiro atoms. The van der Waals surface area contributed by atoms with Crippen molar-refractivity contribution >= 4 is 0 Å². The molecule has 2 nitrogen and oxygen atoms in total. The SMILES string of the molecule is CCCc1ccc(C(N)C2CCC(O)CC2)cc1. The second kappa shape index (κ2) is 6.35. The molecule has 0 radical (unpaired) electrons. The number of rotatable bonds is 4. The second-order valence-electron chi connectivity index (χ2n) is 5.59. The van der Waals surface area contributed by atoms with E-state index in [-0.39, 0.29) is 12.1 Å². The summed E-state index contributed by atoms with van der Waals surface area (Å²) in [5, 5.41) is 9.53. The van der Waals surface area contributed by atoms with Crippen molar-refractivity contribution < 1.29 is 5.11 Å². The summed E-state index contributed by atoms with van der Waals surface area (Å²) in [6, 6.07) is 8.90. The summed E-state index contributed by atoms with van der Waals surface area (Å²) in [6.07, 6.45) is 6.16. The van der Waals surface area contributed by atoms with Crippen molar-refractivity contribution in [3.05, 3.63) is 35.4 Å². The summed E-state index contributed by atoms with van der Waals surface area (Å²) < 4.78 is 0. The number of hydrogen-bond donors (Lipinski definition) is 2. The highest BCUT2D eigenvalue weighted by atomic mass is 16.3. The van der Waals surface area contributed by atoms with Crippen LogP contribution in [0.4, 0.5) is 0 Å². The highest BCUT2D eigenvalue weighted by molar-refractivity contribution is 5.25. The fraction of sp³-hybridized carbons (Fsp3) is 0.625. The van der Waals surface area contributed by atoms with E-state index < -0.39 is 0 Å². The van der Waals surface area contributed by atoms with Crippen molar-refractivity contribution in [2.45, 2.75) is 57.6 Å². The first-order valence-electron chi connectivity index (χ1n) is 7.23. The maximum absolute atomic E-state index is 9.53. The van der Waals surface area contributed by atoms with E-state index >= 15 is 0 Å². The van der Waals surface area contributed by atoms with Crippen LogP contribution in [-0.4, -0.2) is 11.2 Å². The Morgan fingerprint density at radius 3 is 2.33 bits per heavy atom. The van der Waals surface area contributed by atoms with Crippen molar-refractivity contribution in [3.63, 3.8) is 0 Å². The van der Waals surface area contributed by atoms with E-state index in [1.807, 2.05) is 0 Å². The molecule has 0 bridgehead atoms. The van der Waals surface area contributed by atoms with Crippen LogP contribution in [-0.2, 0) is 6.42 Å². The summed E-state index contributed by atoms with van der Waals surface area (Å²) in [5.74, 6) is 0.533. The van der Waals surface area contributed by atoms with Gasteiger partial charge < -0.3 is 10.8 Å². The zero-order valence-electron chi connectivity index (χ0n) is 11.3. The fourth-order valence-electron chi connectivity index (χ4n) is 2.93. The summed E-state index contributed by atoms with van der Waals surface area (Å²) >= 11 is 0. The molecule has 1 aliphatic carbocycles. The van der Waals surface area contributed by atoms with Gasteiger partial charge >= 0.3 is 0 Å². The lowest BCUT2D eigenvalue weighted by Crippen LogP contribution is -2.27. The number of aliphatic hydroxyl groups excluding tert-OH is 1. The lowest BCUT2D eigenvalue weighted by Gasteiger charge is -2.30. The van der Waals surface area contributed by atoms with Crippen LogP contribution in [0, 0.1) is 5.92 Å².